The van der Waals surface area contributed by atoms with Crippen molar-refractivity contribution in [3.05, 3.63) is 52.4 Å². The Morgan fingerprint density at radius 2 is 1.74 bits per heavy atom. The second-order valence-electron chi connectivity index (χ2n) is 6.49. The van der Waals surface area contributed by atoms with Gasteiger partial charge >= 0.3 is 6.03 Å². The van der Waals surface area contributed by atoms with Crippen LogP contribution in [0.4, 0.5) is 4.79 Å². The Morgan fingerprint density at radius 3 is 2.26 bits per heavy atom. The number of benzene rings is 1. The third-order valence-electron chi connectivity index (χ3n) is 4.62. The van der Waals surface area contributed by atoms with Gasteiger partial charge in [-0.1, -0.05) is 17.3 Å². The Balaban J connectivity index is 1.90. The number of nitrogens with zero attached hydrogens (tertiary/aromatic N) is 3. The predicted molar refractivity (Wildman–Crippen MR) is 103 cm³/mol. The summed E-state index contributed by atoms with van der Waals surface area (Å²) in [6.07, 6.45) is 0. The molecule has 1 N–H and O–H groups in total. The molecule has 146 valence electrons. The lowest BCUT2D eigenvalue weighted by molar-refractivity contribution is 0.0773. The first-order valence-electron chi connectivity index (χ1n) is 9.16. The molecule has 3 amide bonds. The van der Waals surface area contributed by atoms with Crippen LogP contribution < -0.4 is 5.32 Å². The molecule has 0 saturated carbocycles. The number of carbonyl (C=O) groups excluding carboxylic acids is 2. The topological polar surface area (TPSA) is 78.7 Å². The minimum Gasteiger partial charge on any atom is -0.361 e. The highest BCUT2D eigenvalue weighted by atomic mass is 16.5. The minimum atomic E-state index is -0.182. The molecule has 7 nitrogen and oxygen atoms in total. The maximum absolute atomic E-state index is 12.3. The van der Waals surface area contributed by atoms with E-state index in [0.29, 0.717) is 31.7 Å². The zero-order valence-electron chi connectivity index (χ0n) is 16.7. The van der Waals surface area contributed by atoms with Crippen molar-refractivity contribution in [3.8, 4) is 0 Å². The van der Waals surface area contributed by atoms with Gasteiger partial charge < -0.3 is 19.6 Å². The van der Waals surface area contributed by atoms with Crippen LogP contribution in [-0.4, -0.2) is 47.0 Å². The Hall–Kier alpha value is -2.83. The van der Waals surface area contributed by atoms with E-state index in [1.807, 2.05) is 39.8 Å². The number of hydrogen-bond donors (Lipinski definition) is 1. The van der Waals surface area contributed by atoms with Crippen molar-refractivity contribution in [3.63, 3.8) is 0 Å². The molecule has 1 heterocycles. The summed E-state index contributed by atoms with van der Waals surface area (Å²) in [5.41, 5.74) is 3.31. The fourth-order valence-electron chi connectivity index (χ4n) is 2.81. The highest BCUT2D eigenvalue weighted by Crippen LogP contribution is 2.14. The number of urea groups is 1. The first-order valence-corrected chi connectivity index (χ1v) is 9.16. The molecule has 0 unspecified atom stereocenters. The van der Waals surface area contributed by atoms with E-state index in [-0.39, 0.29) is 11.9 Å². The van der Waals surface area contributed by atoms with Crippen LogP contribution in [0.15, 0.2) is 28.8 Å². The molecule has 0 fully saturated rings. The molecular formula is C20H28N4O3. The normalized spacial score (nSPS) is 10.6. The molecule has 2 aromatic rings. The third kappa shape index (κ3) is 5.09. The van der Waals surface area contributed by atoms with Crippen molar-refractivity contribution in [2.45, 2.75) is 40.8 Å². The smallest absolute Gasteiger partial charge is 0.317 e. The molecule has 0 atom stereocenters. The quantitative estimate of drug-likeness (QED) is 0.810. The Morgan fingerprint density at radius 1 is 1.11 bits per heavy atom. The number of carbonyl (C=O) groups is 2. The zero-order chi connectivity index (χ0) is 20.0. The fraction of sp³-hybridized carbons (Fsp3) is 0.450. The van der Waals surface area contributed by atoms with Gasteiger partial charge in [0.1, 0.15) is 5.76 Å². The monoisotopic (exact) mass is 372 g/mol. The van der Waals surface area contributed by atoms with Crippen molar-refractivity contribution in [1.82, 2.24) is 20.3 Å². The lowest BCUT2D eigenvalue weighted by Crippen LogP contribution is -2.36. The van der Waals surface area contributed by atoms with Crippen LogP contribution >= 0.6 is 0 Å². The summed E-state index contributed by atoms with van der Waals surface area (Å²) in [6, 6.07) is 7.15. The van der Waals surface area contributed by atoms with E-state index < -0.39 is 0 Å². The average molecular weight is 372 g/mol. The van der Waals surface area contributed by atoms with E-state index in [0.717, 1.165) is 22.6 Å². The summed E-state index contributed by atoms with van der Waals surface area (Å²) in [6.45, 7) is 9.82. The van der Waals surface area contributed by atoms with E-state index >= 15 is 0 Å². The summed E-state index contributed by atoms with van der Waals surface area (Å²) in [7, 11) is 1.73. The molecule has 1 aromatic heterocycles. The van der Waals surface area contributed by atoms with E-state index in [2.05, 4.69) is 10.5 Å². The second kappa shape index (κ2) is 9.21. The Bertz CT molecular complexity index is 760. The van der Waals surface area contributed by atoms with E-state index in [1.54, 1.807) is 29.0 Å². The second-order valence-corrected chi connectivity index (χ2v) is 6.49. The number of hydrogen-bond acceptors (Lipinski definition) is 4. The lowest BCUT2D eigenvalue weighted by Gasteiger charge is -2.19. The molecule has 0 aliphatic carbocycles. The standard InChI is InChI=1S/C20H28N4O3/c1-6-24(7-2)19(25)17-10-8-16(9-11-17)12-21-20(26)23(5)13-18-14(3)22-27-15(18)4/h8-11H,6-7,12-13H2,1-5H3,(H,21,26). The first kappa shape index (κ1) is 20.5. The minimum absolute atomic E-state index is 0.0229. The number of aryl methyl sites for hydroxylation is 2. The van der Waals surface area contributed by atoms with Crippen LogP contribution in [0.5, 0.6) is 0 Å². The number of aromatic nitrogens is 1. The van der Waals surface area contributed by atoms with Gasteiger partial charge in [-0.2, -0.15) is 0 Å². The summed E-state index contributed by atoms with van der Waals surface area (Å²) in [5.74, 6) is 0.746. The highest BCUT2D eigenvalue weighted by Gasteiger charge is 2.15. The van der Waals surface area contributed by atoms with Gasteiger partial charge in [0, 0.05) is 37.8 Å². The summed E-state index contributed by atoms with van der Waals surface area (Å²) < 4.78 is 5.13. The third-order valence-corrected chi connectivity index (χ3v) is 4.62. The molecule has 7 heteroatoms. The number of rotatable bonds is 7. The molecule has 0 aliphatic heterocycles. The van der Waals surface area contributed by atoms with Crippen molar-refractivity contribution >= 4 is 11.9 Å². The summed E-state index contributed by atoms with van der Waals surface area (Å²) in [5, 5.41) is 6.79. The summed E-state index contributed by atoms with van der Waals surface area (Å²) in [4.78, 5) is 28.0. The van der Waals surface area contributed by atoms with Crippen molar-refractivity contribution < 1.29 is 14.1 Å². The van der Waals surface area contributed by atoms with Gasteiger partial charge in [0.15, 0.2) is 0 Å². The lowest BCUT2D eigenvalue weighted by atomic mass is 10.1. The van der Waals surface area contributed by atoms with Crippen LogP contribution in [0.2, 0.25) is 0 Å². The molecule has 0 aliphatic rings. The van der Waals surface area contributed by atoms with Crippen LogP contribution in [0, 0.1) is 13.8 Å². The van der Waals surface area contributed by atoms with Gasteiger partial charge in [0.25, 0.3) is 5.91 Å². The van der Waals surface area contributed by atoms with Gasteiger partial charge in [0.05, 0.1) is 12.2 Å². The number of amides is 3. The summed E-state index contributed by atoms with van der Waals surface area (Å²) >= 11 is 0. The SMILES string of the molecule is CCN(CC)C(=O)c1ccc(CNC(=O)N(C)Cc2c(C)noc2C)cc1. The Labute approximate surface area is 160 Å². The molecular weight excluding hydrogens is 344 g/mol. The van der Waals surface area contributed by atoms with Crippen molar-refractivity contribution in [2.75, 3.05) is 20.1 Å². The Kier molecular flexibility index (Phi) is 6.98. The van der Waals surface area contributed by atoms with E-state index in [4.69, 9.17) is 4.52 Å². The molecule has 2 rings (SSSR count). The fourth-order valence-corrected chi connectivity index (χ4v) is 2.81. The van der Waals surface area contributed by atoms with Gasteiger partial charge in [-0.25, -0.2) is 4.79 Å². The van der Waals surface area contributed by atoms with Crippen LogP contribution in [-0.2, 0) is 13.1 Å². The molecule has 0 radical (unpaired) electrons. The van der Waals surface area contributed by atoms with Crippen LogP contribution in [0.1, 0.15) is 46.8 Å². The first-order chi connectivity index (χ1) is 12.9. The highest BCUT2D eigenvalue weighted by molar-refractivity contribution is 5.94. The van der Waals surface area contributed by atoms with Gasteiger partial charge in [0.2, 0.25) is 0 Å². The molecule has 1 aromatic carbocycles. The maximum Gasteiger partial charge on any atom is 0.317 e. The van der Waals surface area contributed by atoms with Crippen molar-refractivity contribution in [1.29, 1.82) is 0 Å². The van der Waals surface area contributed by atoms with Crippen LogP contribution in [0.25, 0.3) is 0 Å². The zero-order valence-corrected chi connectivity index (χ0v) is 16.7. The molecule has 0 saturated heterocycles. The van der Waals surface area contributed by atoms with Gasteiger partial charge in [-0.15, -0.1) is 0 Å². The average Bonchev–Trinajstić information content (AvgIpc) is 2.99. The molecule has 0 bridgehead atoms. The molecule has 27 heavy (non-hydrogen) atoms. The number of nitrogens with one attached hydrogen (secondary N) is 1. The predicted octanol–water partition coefficient (Wildman–Crippen LogP) is 3.12. The maximum atomic E-state index is 12.3. The molecule has 0 spiro atoms. The van der Waals surface area contributed by atoms with Crippen molar-refractivity contribution in [2.24, 2.45) is 0 Å². The van der Waals surface area contributed by atoms with E-state index in [9.17, 15) is 9.59 Å². The van der Waals surface area contributed by atoms with Gasteiger partial charge in [-0.3, -0.25) is 4.79 Å². The largest absolute Gasteiger partial charge is 0.361 e. The van der Waals surface area contributed by atoms with E-state index in [1.165, 1.54) is 0 Å². The van der Waals surface area contributed by atoms with Gasteiger partial charge in [-0.05, 0) is 45.4 Å². The van der Waals surface area contributed by atoms with Crippen LogP contribution in [0.3, 0.4) is 0 Å².